The molecule has 2 aromatic carbocycles. The standard InChI is InChI=1S/C21H20N2O5/c1-13(2)12-28-21(25)16-9-10-17-18(11-16)22(26)14(3)19(23(17)27)20(24)15-7-5-4-6-8-15/h4-11,13H,12H2,1-3H3. The van der Waals surface area contributed by atoms with Crippen LogP contribution in [0.1, 0.15) is 46.0 Å². The Balaban J connectivity index is 2.10. The smallest absolute Gasteiger partial charge is 0.338 e. The average Bonchev–Trinajstić information content (AvgIpc) is 2.70. The van der Waals surface area contributed by atoms with Crippen LogP contribution in [0.25, 0.3) is 11.0 Å². The first-order valence-corrected chi connectivity index (χ1v) is 8.87. The van der Waals surface area contributed by atoms with Gasteiger partial charge < -0.3 is 15.2 Å². The SMILES string of the molecule is Cc1c(C(=O)c2ccccc2)[n+]([O-])c2ccc(C(=O)OCC(C)C)cc2[n+]1[O-]. The van der Waals surface area contributed by atoms with E-state index in [1.807, 2.05) is 13.8 Å². The highest BCUT2D eigenvalue weighted by Gasteiger charge is 2.32. The van der Waals surface area contributed by atoms with E-state index in [1.54, 1.807) is 30.3 Å². The normalized spacial score (nSPS) is 11.0. The summed E-state index contributed by atoms with van der Waals surface area (Å²) in [6.07, 6.45) is 0. The van der Waals surface area contributed by atoms with E-state index >= 15 is 0 Å². The number of hydrogen-bond donors (Lipinski definition) is 0. The molecule has 0 radical (unpaired) electrons. The van der Waals surface area contributed by atoms with Crippen LogP contribution < -0.4 is 9.46 Å². The Bertz CT molecular complexity index is 1060. The molecule has 0 saturated heterocycles. The summed E-state index contributed by atoms with van der Waals surface area (Å²) in [5.41, 5.74) is 0.187. The number of carbonyl (C=O) groups excluding carboxylic acids is 2. The molecule has 0 spiro atoms. The molecule has 0 fully saturated rings. The van der Waals surface area contributed by atoms with Crippen LogP contribution in [0, 0.1) is 23.3 Å². The third-order valence-electron chi connectivity index (χ3n) is 4.30. The topological polar surface area (TPSA) is 97.2 Å². The van der Waals surface area contributed by atoms with Gasteiger partial charge in [-0.25, -0.2) is 4.79 Å². The number of aromatic nitrogens is 2. The van der Waals surface area contributed by atoms with Crippen molar-refractivity contribution in [1.82, 2.24) is 0 Å². The second-order valence-corrected chi connectivity index (χ2v) is 6.91. The van der Waals surface area contributed by atoms with Crippen molar-refractivity contribution in [3.05, 3.63) is 81.5 Å². The van der Waals surface area contributed by atoms with Gasteiger partial charge in [-0.15, -0.1) is 0 Å². The largest absolute Gasteiger partial charge is 0.618 e. The summed E-state index contributed by atoms with van der Waals surface area (Å²) in [6, 6.07) is 12.3. The van der Waals surface area contributed by atoms with Crippen LogP contribution in [0.5, 0.6) is 0 Å². The minimum atomic E-state index is -0.574. The van der Waals surface area contributed by atoms with E-state index in [-0.39, 0.29) is 40.5 Å². The van der Waals surface area contributed by atoms with Crippen molar-refractivity contribution >= 4 is 22.8 Å². The lowest BCUT2D eigenvalue weighted by Crippen LogP contribution is -2.46. The van der Waals surface area contributed by atoms with Gasteiger partial charge in [-0.2, -0.15) is 9.46 Å². The lowest BCUT2D eigenvalue weighted by Gasteiger charge is -2.12. The van der Waals surface area contributed by atoms with E-state index in [9.17, 15) is 20.0 Å². The van der Waals surface area contributed by atoms with Crippen molar-refractivity contribution in [1.29, 1.82) is 0 Å². The summed E-state index contributed by atoms with van der Waals surface area (Å²) in [6.45, 7) is 5.47. The molecule has 7 heteroatoms. The Labute approximate surface area is 162 Å². The monoisotopic (exact) mass is 380 g/mol. The van der Waals surface area contributed by atoms with Crippen LogP contribution in [-0.4, -0.2) is 18.4 Å². The number of hydrogen-bond acceptors (Lipinski definition) is 5. The zero-order valence-corrected chi connectivity index (χ0v) is 15.8. The average molecular weight is 380 g/mol. The first-order chi connectivity index (χ1) is 13.3. The van der Waals surface area contributed by atoms with E-state index in [1.165, 1.54) is 25.1 Å². The van der Waals surface area contributed by atoms with Crippen LogP contribution >= 0.6 is 0 Å². The molecule has 0 bridgehead atoms. The minimum Gasteiger partial charge on any atom is -0.618 e. The summed E-state index contributed by atoms with van der Waals surface area (Å²) < 4.78 is 6.11. The fraction of sp³-hybridized carbons (Fsp3) is 0.238. The molecule has 0 atom stereocenters. The van der Waals surface area contributed by atoms with Gasteiger partial charge in [0, 0.05) is 24.6 Å². The van der Waals surface area contributed by atoms with Gasteiger partial charge in [0.2, 0.25) is 0 Å². The minimum absolute atomic E-state index is 0.000269. The van der Waals surface area contributed by atoms with Crippen molar-refractivity contribution in [2.75, 3.05) is 6.61 Å². The van der Waals surface area contributed by atoms with Crippen LogP contribution in [0.3, 0.4) is 0 Å². The molecule has 0 aliphatic rings. The first-order valence-electron chi connectivity index (χ1n) is 8.87. The van der Waals surface area contributed by atoms with Gasteiger partial charge in [0.25, 0.3) is 22.5 Å². The number of nitrogens with zero attached hydrogens (tertiary/aromatic N) is 2. The number of benzene rings is 2. The van der Waals surface area contributed by atoms with Gasteiger partial charge in [-0.1, -0.05) is 44.2 Å². The van der Waals surface area contributed by atoms with E-state index < -0.39 is 11.8 Å². The van der Waals surface area contributed by atoms with Gasteiger partial charge in [0.05, 0.1) is 12.2 Å². The molecule has 0 amide bonds. The number of rotatable bonds is 5. The van der Waals surface area contributed by atoms with Crippen LogP contribution in [0.15, 0.2) is 48.5 Å². The van der Waals surface area contributed by atoms with Crippen LogP contribution in [-0.2, 0) is 4.74 Å². The number of ketones is 1. The van der Waals surface area contributed by atoms with Crippen molar-refractivity contribution in [2.24, 2.45) is 5.92 Å². The Kier molecular flexibility index (Phi) is 5.26. The maximum Gasteiger partial charge on any atom is 0.338 e. The lowest BCUT2D eigenvalue weighted by molar-refractivity contribution is -0.635. The Morgan fingerprint density at radius 1 is 0.964 bits per heavy atom. The summed E-state index contributed by atoms with van der Waals surface area (Å²) in [5, 5.41) is 25.6. The Morgan fingerprint density at radius 2 is 1.64 bits per heavy atom. The van der Waals surface area contributed by atoms with Gasteiger partial charge in [0.15, 0.2) is 0 Å². The quantitative estimate of drug-likeness (QED) is 0.293. The number of ether oxygens (including phenoxy) is 1. The highest BCUT2D eigenvalue weighted by atomic mass is 16.5. The molecule has 0 aliphatic heterocycles. The van der Waals surface area contributed by atoms with Crippen LogP contribution in [0.2, 0.25) is 0 Å². The zero-order chi connectivity index (χ0) is 20.4. The third-order valence-corrected chi connectivity index (χ3v) is 4.30. The number of fused-ring (bicyclic) bond motifs is 1. The molecule has 0 unspecified atom stereocenters. The molecular formula is C21H20N2O5. The molecule has 1 heterocycles. The van der Waals surface area contributed by atoms with Crippen LogP contribution in [0.4, 0.5) is 0 Å². The van der Waals surface area contributed by atoms with Crippen molar-refractivity contribution in [3.8, 4) is 0 Å². The Morgan fingerprint density at radius 3 is 2.29 bits per heavy atom. The van der Waals surface area contributed by atoms with Gasteiger partial charge in [-0.3, -0.25) is 4.79 Å². The Hall–Kier alpha value is -3.48. The lowest BCUT2D eigenvalue weighted by atomic mass is 10.1. The van der Waals surface area contributed by atoms with Gasteiger partial charge >= 0.3 is 11.7 Å². The summed E-state index contributed by atoms with van der Waals surface area (Å²) in [5.74, 6) is -0.943. The van der Waals surface area contributed by atoms with Crippen molar-refractivity contribution < 1.29 is 23.8 Å². The molecule has 144 valence electrons. The molecule has 0 saturated carbocycles. The molecule has 7 nitrogen and oxygen atoms in total. The van der Waals surface area contributed by atoms with E-state index in [2.05, 4.69) is 0 Å². The predicted molar refractivity (Wildman–Crippen MR) is 102 cm³/mol. The number of carbonyl (C=O) groups is 2. The fourth-order valence-electron chi connectivity index (χ4n) is 2.84. The molecular weight excluding hydrogens is 360 g/mol. The fourth-order valence-corrected chi connectivity index (χ4v) is 2.84. The van der Waals surface area contributed by atoms with E-state index in [0.717, 1.165) is 0 Å². The zero-order valence-electron chi connectivity index (χ0n) is 15.8. The third kappa shape index (κ3) is 3.51. The second-order valence-electron chi connectivity index (χ2n) is 6.91. The number of esters is 1. The molecule has 0 N–H and O–H groups in total. The molecule has 1 aromatic heterocycles. The van der Waals surface area contributed by atoms with Crippen molar-refractivity contribution in [2.45, 2.75) is 20.8 Å². The van der Waals surface area contributed by atoms with Gasteiger partial charge in [-0.05, 0) is 12.0 Å². The van der Waals surface area contributed by atoms with E-state index in [0.29, 0.717) is 15.0 Å². The molecule has 28 heavy (non-hydrogen) atoms. The highest BCUT2D eigenvalue weighted by Crippen LogP contribution is 2.15. The first kappa shape index (κ1) is 19.3. The molecule has 3 rings (SSSR count). The van der Waals surface area contributed by atoms with Crippen molar-refractivity contribution in [3.63, 3.8) is 0 Å². The maximum absolute atomic E-state index is 12.8. The van der Waals surface area contributed by atoms with E-state index in [4.69, 9.17) is 4.74 Å². The summed E-state index contributed by atoms with van der Waals surface area (Å²) in [4.78, 5) is 24.9. The summed E-state index contributed by atoms with van der Waals surface area (Å²) in [7, 11) is 0. The maximum atomic E-state index is 12.8. The molecule has 3 aromatic rings. The predicted octanol–water partition coefficient (Wildman–Crippen LogP) is 2.46. The summed E-state index contributed by atoms with van der Waals surface area (Å²) >= 11 is 0. The molecule has 0 aliphatic carbocycles. The van der Waals surface area contributed by atoms with Gasteiger partial charge in [0.1, 0.15) is 0 Å². The second kappa shape index (κ2) is 7.64. The highest BCUT2D eigenvalue weighted by molar-refractivity contribution is 6.07.